The maximum Gasteiger partial charge on any atom is 0.269 e. The zero-order valence-corrected chi connectivity index (χ0v) is 11.7. The minimum absolute atomic E-state index is 0.0151. The molecule has 2 rings (SSSR count). The molecule has 0 spiro atoms. The fraction of sp³-hybridized carbons (Fsp3) is 0.500. The molecule has 21 heavy (non-hydrogen) atoms. The van der Waals surface area contributed by atoms with Gasteiger partial charge in [-0.3, -0.25) is 14.9 Å². The standard InChI is InChI=1S/C14H19N3O4/c15-10-14(4-6-21-7-5-14)13(18)16-9-11-2-1-3-12(8-11)17(19)20/h1-3,8H,4-7,9-10,15H2,(H,16,18). The zero-order chi connectivity index (χ0) is 15.3. The van der Waals surface area contributed by atoms with Crippen LogP contribution in [0, 0.1) is 15.5 Å². The van der Waals surface area contributed by atoms with Crippen LogP contribution in [0.25, 0.3) is 0 Å². The number of nitrogens with one attached hydrogen (secondary N) is 1. The van der Waals surface area contributed by atoms with Crippen LogP contribution in [-0.2, 0) is 16.1 Å². The van der Waals surface area contributed by atoms with E-state index in [-0.39, 0.29) is 24.7 Å². The van der Waals surface area contributed by atoms with Crippen LogP contribution >= 0.6 is 0 Å². The molecule has 1 saturated heterocycles. The largest absolute Gasteiger partial charge is 0.381 e. The molecule has 0 aliphatic carbocycles. The molecule has 1 aromatic carbocycles. The molecule has 0 aromatic heterocycles. The van der Waals surface area contributed by atoms with Gasteiger partial charge in [-0.05, 0) is 18.4 Å². The van der Waals surface area contributed by atoms with Crippen molar-refractivity contribution in [2.75, 3.05) is 19.8 Å². The number of non-ortho nitro benzene ring substituents is 1. The van der Waals surface area contributed by atoms with Gasteiger partial charge >= 0.3 is 0 Å². The lowest BCUT2D eigenvalue weighted by atomic mass is 9.79. The summed E-state index contributed by atoms with van der Waals surface area (Å²) in [5.74, 6) is -0.111. The van der Waals surface area contributed by atoms with Gasteiger partial charge in [-0.15, -0.1) is 0 Å². The van der Waals surface area contributed by atoms with Crippen molar-refractivity contribution in [3.8, 4) is 0 Å². The molecule has 7 nitrogen and oxygen atoms in total. The van der Waals surface area contributed by atoms with Gasteiger partial charge in [-0.2, -0.15) is 0 Å². The van der Waals surface area contributed by atoms with Crippen LogP contribution in [0.3, 0.4) is 0 Å². The first-order valence-electron chi connectivity index (χ1n) is 6.87. The van der Waals surface area contributed by atoms with E-state index >= 15 is 0 Å². The van der Waals surface area contributed by atoms with Gasteiger partial charge in [0.05, 0.1) is 10.3 Å². The Balaban J connectivity index is 2.00. The number of nitro groups is 1. The maximum atomic E-state index is 12.4. The number of nitrogens with two attached hydrogens (primary N) is 1. The Hall–Kier alpha value is -1.99. The number of ether oxygens (including phenoxy) is 1. The second kappa shape index (κ2) is 6.64. The molecule has 114 valence electrons. The second-order valence-corrected chi connectivity index (χ2v) is 5.21. The third kappa shape index (κ3) is 3.56. The summed E-state index contributed by atoms with van der Waals surface area (Å²) in [4.78, 5) is 22.6. The van der Waals surface area contributed by atoms with Crippen LogP contribution in [0.15, 0.2) is 24.3 Å². The summed E-state index contributed by atoms with van der Waals surface area (Å²) in [6.07, 6.45) is 1.20. The van der Waals surface area contributed by atoms with Crippen molar-refractivity contribution in [3.63, 3.8) is 0 Å². The number of benzene rings is 1. The van der Waals surface area contributed by atoms with Gasteiger partial charge in [0.2, 0.25) is 5.91 Å². The Kier molecular flexibility index (Phi) is 4.87. The Bertz CT molecular complexity index is 527. The van der Waals surface area contributed by atoms with E-state index in [0.717, 1.165) is 0 Å². The van der Waals surface area contributed by atoms with E-state index in [2.05, 4.69) is 5.32 Å². The van der Waals surface area contributed by atoms with Crippen molar-refractivity contribution in [2.45, 2.75) is 19.4 Å². The van der Waals surface area contributed by atoms with Gasteiger partial charge in [0, 0.05) is 38.4 Å². The highest BCUT2D eigenvalue weighted by molar-refractivity contribution is 5.83. The van der Waals surface area contributed by atoms with E-state index in [1.54, 1.807) is 12.1 Å². The predicted molar refractivity (Wildman–Crippen MR) is 76.5 cm³/mol. The van der Waals surface area contributed by atoms with E-state index in [1.807, 2.05) is 0 Å². The first-order chi connectivity index (χ1) is 10.1. The van der Waals surface area contributed by atoms with Gasteiger partial charge in [0.25, 0.3) is 5.69 Å². The summed E-state index contributed by atoms with van der Waals surface area (Å²) in [5.41, 5.74) is 5.89. The average molecular weight is 293 g/mol. The molecule has 7 heteroatoms. The number of hydrogen-bond acceptors (Lipinski definition) is 5. The van der Waals surface area contributed by atoms with E-state index in [4.69, 9.17) is 10.5 Å². The van der Waals surface area contributed by atoms with Crippen LogP contribution in [-0.4, -0.2) is 30.6 Å². The maximum absolute atomic E-state index is 12.4. The summed E-state index contributed by atoms with van der Waals surface area (Å²) < 4.78 is 5.27. The number of rotatable bonds is 5. The van der Waals surface area contributed by atoms with Gasteiger partial charge in [0.15, 0.2) is 0 Å². The molecular weight excluding hydrogens is 274 g/mol. The van der Waals surface area contributed by atoms with Crippen LogP contribution < -0.4 is 11.1 Å². The number of amides is 1. The molecule has 0 unspecified atom stereocenters. The van der Waals surface area contributed by atoms with Crippen molar-refractivity contribution in [1.82, 2.24) is 5.32 Å². The normalized spacial score (nSPS) is 17.2. The molecule has 1 aliphatic heterocycles. The summed E-state index contributed by atoms with van der Waals surface area (Å²) in [6.45, 7) is 1.59. The molecule has 1 fully saturated rings. The lowest BCUT2D eigenvalue weighted by molar-refractivity contribution is -0.384. The van der Waals surface area contributed by atoms with E-state index in [1.165, 1.54) is 12.1 Å². The van der Waals surface area contributed by atoms with Crippen LogP contribution in [0.5, 0.6) is 0 Å². The zero-order valence-electron chi connectivity index (χ0n) is 11.7. The lowest BCUT2D eigenvalue weighted by Gasteiger charge is -2.34. The van der Waals surface area contributed by atoms with Crippen molar-refractivity contribution < 1.29 is 14.5 Å². The summed E-state index contributed by atoms with van der Waals surface area (Å²) >= 11 is 0. The molecule has 0 bridgehead atoms. The molecule has 1 aliphatic rings. The topological polar surface area (TPSA) is 107 Å². The quantitative estimate of drug-likeness (QED) is 0.621. The van der Waals surface area contributed by atoms with Crippen molar-refractivity contribution in [3.05, 3.63) is 39.9 Å². The van der Waals surface area contributed by atoms with E-state index in [0.29, 0.717) is 31.6 Å². The highest BCUT2D eigenvalue weighted by Gasteiger charge is 2.38. The van der Waals surface area contributed by atoms with Crippen molar-refractivity contribution in [2.24, 2.45) is 11.1 Å². The monoisotopic (exact) mass is 293 g/mol. The van der Waals surface area contributed by atoms with E-state index < -0.39 is 10.3 Å². The number of carbonyl (C=O) groups is 1. The molecular formula is C14H19N3O4. The molecule has 0 saturated carbocycles. The number of hydrogen-bond donors (Lipinski definition) is 2. The van der Waals surface area contributed by atoms with Gasteiger partial charge in [-0.25, -0.2) is 0 Å². The number of nitro benzene ring substituents is 1. The van der Waals surface area contributed by atoms with Crippen LogP contribution in [0.1, 0.15) is 18.4 Å². The summed E-state index contributed by atoms with van der Waals surface area (Å²) in [5, 5.41) is 13.6. The fourth-order valence-corrected chi connectivity index (χ4v) is 2.44. The third-order valence-corrected chi connectivity index (χ3v) is 3.90. The molecule has 3 N–H and O–H groups in total. The highest BCUT2D eigenvalue weighted by atomic mass is 16.6. The van der Waals surface area contributed by atoms with Crippen LogP contribution in [0.2, 0.25) is 0 Å². The smallest absolute Gasteiger partial charge is 0.269 e. The molecule has 1 heterocycles. The van der Waals surface area contributed by atoms with Crippen LogP contribution in [0.4, 0.5) is 5.69 Å². The summed E-state index contributed by atoms with van der Waals surface area (Å²) in [7, 11) is 0. The molecule has 1 amide bonds. The summed E-state index contributed by atoms with van der Waals surface area (Å²) in [6, 6.07) is 6.23. The van der Waals surface area contributed by atoms with Crippen molar-refractivity contribution >= 4 is 11.6 Å². The minimum Gasteiger partial charge on any atom is -0.381 e. The van der Waals surface area contributed by atoms with Crippen molar-refractivity contribution in [1.29, 1.82) is 0 Å². The lowest BCUT2D eigenvalue weighted by Crippen LogP contribution is -2.48. The average Bonchev–Trinajstić information content (AvgIpc) is 2.53. The second-order valence-electron chi connectivity index (χ2n) is 5.21. The van der Waals surface area contributed by atoms with E-state index in [9.17, 15) is 14.9 Å². The molecule has 0 atom stereocenters. The predicted octanol–water partition coefficient (Wildman–Crippen LogP) is 0.966. The number of nitrogens with zero attached hydrogens (tertiary/aromatic N) is 1. The fourth-order valence-electron chi connectivity index (χ4n) is 2.44. The SMILES string of the molecule is NCC1(C(=O)NCc2cccc([N+](=O)[O-])c2)CCOCC1. The number of carbonyl (C=O) groups excluding carboxylic acids is 1. The Morgan fingerprint density at radius 1 is 1.43 bits per heavy atom. The highest BCUT2D eigenvalue weighted by Crippen LogP contribution is 2.29. The first kappa shape index (κ1) is 15.4. The van der Waals surface area contributed by atoms with Gasteiger partial charge in [-0.1, -0.05) is 12.1 Å². The van der Waals surface area contributed by atoms with Gasteiger partial charge in [0.1, 0.15) is 0 Å². The van der Waals surface area contributed by atoms with Gasteiger partial charge < -0.3 is 15.8 Å². The minimum atomic E-state index is -0.584. The molecule has 0 radical (unpaired) electrons. The Morgan fingerprint density at radius 2 is 2.14 bits per heavy atom. The molecule has 1 aromatic rings. The Morgan fingerprint density at radius 3 is 2.76 bits per heavy atom. The Labute approximate surface area is 122 Å². The third-order valence-electron chi connectivity index (χ3n) is 3.90. The first-order valence-corrected chi connectivity index (χ1v) is 6.87.